The molecule has 1 aromatic heterocycles. The molecule has 0 spiro atoms. The molecule has 0 saturated heterocycles. The summed E-state index contributed by atoms with van der Waals surface area (Å²) in [6, 6.07) is 15.0. The molecule has 0 radical (unpaired) electrons. The Morgan fingerprint density at radius 3 is 2.75 bits per heavy atom. The summed E-state index contributed by atoms with van der Waals surface area (Å²) >= 11 is 7.22. The van der Waals surface area contributed by atoms with Crippen LogP contribution in [0.4, 0.5) is 10.8 Å². The van der Waals surface area contributed by atoms with E-state index in [9.17, 15) is 9.59 Å². The molecule has 2 aromatic carbocycles. The fraction of sp³-hybridized carbons (Fsp3) is 0.150. The number of ether oxygens (including phenoxy) is 1. The van der Waals surface area contributed by atoms with Crippen molar-refractivity contribution in [1.82, 2.24) is 4.98 Å². The second-order valence-electron chi connectivity index (χ2n) is 5.96. The number of benzene rings is 2. The number of carbonyl (C=O) groups excluding carboxylic acids is 2. The van der Waals surface area contributed by atoms with E-state index >= 15 is 0 Å². The van der Waals surface area contributed by atoms with Gasteiger partial charge in [-0.05, 0) is 30.2 Å². The van der Waals surface area contributed by atoms with Crippen molar-refractivity contribution in [2.24, 2.45) is 0 Å². The van der Waals surface area contributed by atoms with E-state index in [1.54, 1.807) is 23.6 Å². The average molecular weight is 416 g/mol. The molecule has 0 aliphatic carbocycles. The highest BCUT2D eigenvalue weighted by atomic mass is 35.5. The van der Waals surface area contributed by atoms with Crippen LogP contribution in [0.25, 0.3) is 0 Å². The first-order valence-electron chi connectivity index (χ1n) is 8.48. The Morgan fingerprint density at radius 1 is 1.18 bits per heavy atom. The fourth-order valence-corrected chi connectivity index (χ4v) is 3.19. The van der Waals surface area contributed by atoms with Gasteiger partial charge < -0.3 is 15.4 Å². The minimum absolute atomic E-state index is 0.160. The lowest BCUT2D eigenvalue weighted by atomic mass is 10.2. The Balaban J connectivity index is 1.49. The number of hydrogen-bond acceptors (Lipinski definition) is 6. The number of anilines is 2. The van der Waals surface area contributed by atoms with Crippen molar-refractivity contribution in [3.63, 3.8) is 0 Å². The molecule has 3 aromatic rings. The van der Waals surface area contributed by atoms with Crippen LogP contribution in [0.15, 0.2) is 53.9 Å². The van der Waals surface area contributed by atoms with E-state index in [-0.39, 0.29) is 5.69 Å². The molecule has 0 fully saturated rings. The third-order valence-corrected chi connectivity index (χ3v) is 4.84. The number of nitrogens with one attached hydrogen (secondary N) is 2. The first kappa shape index (κ1) is 19.9. The normalized spacial score (nSPS) is 10.4. The van der Waals surface area contributed by atoms with Crippen LogP contribution in [-0.2, 0) is 16.1 Å². The fourth-order valence-electron chi connectivity index (χ4n) is 2.34. The van der Waals surface area contributed by atoms with Gasteiger partial charge in [-0.3, -0.25) is 4.79 Å². The minimum atomic E-state index is -0.651. The van der Waals surface area contributed by atoms with Gasteiger partial charge >= 0.3 is 5.97 Å². The maximum Gasteiger partial charge on any atom is 0.358 e. The van der Waals surface area contributed by atoms with E-state index in [4.69, 9.17) is 16.3 Å². The topological polar surface area (TPSA) is 80.3 Å². The smallest absolute Gasteiger partial charge is 0.358 e. The molecule has 1 amide bonds. The lowest BCUT2D eigenvalue weighted by Gasteiger charge is -2.09. The number of nitrogens with zero attached hydrogens (tertiary/aromatic N) is 1. The van der Waals surface area contributed by atoms with Gasteiger partial charge in [0.05, 0.1) is 0 Å². The molecule has 1 heterocycles. The molecule has 0 aliphatic heterocycles. The van der Waals surface area contributed by atoms with Gasteiger partial charge in [0.15, 0.2) is 17.4 Å². The third kappa shape index (κ3) is 5.55. The molecular weight excluding hydrogens is 398 g/mol. The summed E-state index contributed by atoms with van der Waals surface area (Å²) in [4.78, 5) is 28.3. The number of esters is 1. The van der Waals surface area contributed by atoms with E-state index in [1.165, 1.54) is 11.3 Å². The Hall–Kier alpha value is -2.90. The number of thiazole rings is 1. The lowest BCUT2D eigenvalue weighted by molar-refractivity contribution is -0.119. The predicted molar refractivity (Wildman–Crippen MR) is 111 cm³/mol. The Morgan fingerprint density at radius 2 is 1.96 bits per heavy atom. The Kier molecular flexibility index (Phi) is 6.62. The van der Waals surface area contributed by atoms with Crippen LogP contribution in [0.2, 0.25) is 5.02 Å². The Bertz CT molecular complexity index is 976. The summed E-state index contributed by atoms with van der Waals surface area (Å²) in [5.41, 5.74) is 2.70. The number of halogens is 1. The average Bonchev–Trinajstić information content (AvgIpc) is 3.17. The van der Waals surface area contributed by atoms with Gasteiger partial charge in [0.2, 0.25) is 0 Å². The SMILES string of the molecule is Cc1ccc(Cl)cc1NC(=O)COC(=O)c1csc(NCc2ccccc2)n1. The van der Waals surface area contributed by atoms with E-state index < -0.39 is 18.5 Å². The van der Waals surface area contributed by atoms with Crippen LogP contribution in [0.5, 0.6) is 0 Å². The second-order valence-corrected chi connectivity index (χ2v) is 7.26. The molecule has 2 N–H and O–H groups in total. The maximum absolute atomic E-state index is 12.1. The summed E-state index contributed by atoms with van der Waals surface area (Å²) in [7, 11) is 0. The van der Waals surface area contributed by atoms with E-state index in [1.807, 2.05) is 37.3 Å². The molecule has 0 aliphatic rings. The van der Waals surface area contributed by atoms with Gasteiger partial charge in [0.25, 0.3) is 5.91 Å². The van der Waals surface area contributed by atoms with Crippen molar-refractivity contribution < 1.29 is 14.3 Å². The monoisotopic (exact) mass is 415 g/mol. The molecule has 8 heteroatoms. The highest BCUT2D eigenvalue weighted by Crippen LogP contribution is 2.20. The van der Waals surface area contributed by atoms with Gasteiger partial charge in [-0.25, -0.2) is 9.78 Å². The van der Waals surface area contributed by atoms with Crippen molar-refractivity contribution in [1.29, 1.82) is 0 Å². The molecule has 0 atom stereocenters. The maximum atomic E-state index is 12.1. The van der Waals surface area contributed by atoms with Crippen molar-refractivity contribution >= 4 is 45.6 Å². The molecule has 6 nitrogen and oxygen atoms in total. The van der Waals surface area contributed by atoms with Crippen LogP contribution in [0.3, 0.4) is 0 Å². The summed E-state index contributed by atoms with van der Waals surface area (Å²) in [5.74, 6) is -1.10. The second kappa shape index (κ2) is 9.34. The number of rotatable bonds is 7. The largest absolute Gasteiger partial charge is 0.451 e. The van der Waals surface area contributed by atoms with Gasteiger partial charge in [-0.1, -0.05) is 48.0 Å². The molecule has 3 rings (SSSR count). The third-order valence-electron chi connectivity index (χ3n) is 3.81. The zero-order valence-corrected chi connectivity index (χ0v) is 16.6. The number of aromatic nitrogens is 1. The summed E-state index contributed by atoms with van der Waals surface area (Å²) < 4.78 is 5.04. The standard InChI is InChI=1S/C20H18ClN3O3S/c1-13-7-8-15(21)9-16(13)23-18(25)11-27-19(26)17-12-28-20(24-17)22-10-14-5-3-2-4-6-14/h2-9,12H,10-11H2,1H3,(H,22,24)(H,23,25). The van der Waals surface area contributed by atoms with Crippen molar-refractivity contribution in [3.8, 4) is 0 Å². The molecule has 0 unspecified atom stereocenters. The summed E-state index contributed by atoms with van der Waals surface area (Å²) in [6.45, 7) is 2.04. The van der Waals surface area contributed by atoms with E-state index in [0.29, 0.717) is 22.4 Å². The molecule has 28 heavy (non-hydrogen) atoms. The zero-order chi connectivity index (χ0) is 19.9. The van der Waals surface area contributed by atoms with Crippen LogP contribution in [0.1, 0.15) is 21.6 Å². The quantitative estimate of drug-likeness (QED) is 0.555. The molecule has 144 valence electrons. The summed E-state index contributed by atoms with van der Waals surface area (Å²) in [6.07, 6.45) is 0. The molecular formula is C20H18ClN3O3S. The number of amides is 1. The Labute approximate surface area is 171 Å². The predicted octanol–water partition coefficient (Wildman–Crippen LogP) is 4.51. The van der Waals surface area contributed by atoms with Crippen LogP contribution in [-0.4, -0.2) is 23.5 Å². The number of hydrogen-bond donors (Lipinski definition) is 2. The van der Waals surface area contributed by atoms with Crippen LogP contribution in [0, 0.1) is 6.92 Å². The van der Waals surface area contributed by atoms with Crippen molar-refractivity contribution in [2.75, 3.05) is 17.2 Å². The van der Waals surface area contributed by atoms with Crippen molar-refractivity contribution in [2.45, 2.75) is 13.5 Å². The first-order valence-corrected chi connectivity index (χ1v) is 9.73. The summed E-state index contributed by atoms with van der Waals surface area (Å²) in [5, 5.41) is 8.53. The highest BCUT2D eigenvalue weighted by molar-refractivity contribution is 7.13. The van der Waals surface area contributed by atoms with Gasteiger partial charge in [0.1, 0.15) is 0 Å². The van der Waals surface area contributed by atoms with Gasteiger partial charge in [-0.2, -0.15) is 0 Å². The van der Waals surface area contributed by atoms with Crippen LogP contribution >= 0.6 is 22.9 Å². The van der Waals surface area contributed by atoms with Gasteiger partial charge in [0, 0.05) is 22.6 Å². The van der Waals surface area contributed by atoms with Crippen molar-refractivity contribution in [3.05, 3.63) is 75.8 Å². The molecule has 0 saturated carbocycles. The number of carbonyl (C=O) groups is 2. The molecule has 0 bridgehead atoms. The number of aryl methyl sites for hydroxylation is 1. The highest BCUT2D eigenvalue weighted by Gasteiger charge is 2.15. The first-order chi connectivity index (χ1) is 13.5. The minimum Gasteiger partial charge on any atom is -0.451 e. The van der Waals surface area contributed by atoms with Crippen LogP contribution < -0.4 is 10.6 Å². The van der Waals surface area contributed by atoms with E-state index in [2.05, 4.69) is 15.6 Å². The van der Waals surface area contributed by atoms with Gasteiger partial charge in [-0.15, -0.1) is 11.3 Å². The zero-order valence-electron chi connectivity index (χ0n) is 15.1. The lowest BCUT2D eigenvalue weighted by Crippen LogP contribution is -2.21. The van der Waals surface area contributed by atoms with E-state index in [0.717, 1.165) is 11.1 Å².